The van der Waals surface area contributed by atoms with Crippen molar-refractivity contribution < 1.29 is 28.6 Å². The number of carbonyl (C=O) groups is 3. The van der Waals surface area contributed by atoms with Gasteiger partial charge in [0.2, 0.25) is 5.91 Å². The van der Waals surface area contributed by atoms with Crippen LogP contribution in [0.5, 0.6) is 11.5 Å². The summed E-state index contributed by atoms with van der Waals surface area (Å²) in [6.07, 6.45) is 1.39. The Labute approximate surface area is 215 Å². The zero-order valence-corrected chi connectivity index (χ0v) is 21.3. The molecule has 1 atom stereocenters. The Balaban J connectivity index is 1.72. The summed E-state index contributed by atoms with van der Waals surface area (Å²) in [6, 6.07) is 14.7. The monoisotopic (exact) mass is 506 g/mol. The van der Waals surface area contributed by atoms with Crippen molar-refractivity contribution in [2.45, 2.75) is 39.0 Å². The number of carbonyl (C=O) groups excluding carboxylic acids is 3. The van der Waals surface area contributed by atoms with Crippen LogP contribution in [0.4, 0.5) is 0 Å². The molecule has 0 spiro atoms. The number of esters is 1. The van der Waals surface area contributed by atoms with E-state index in [0.29, 0.717) is 18.1 Å². The summed E-state index contributed by atoms with van der Waals surface area (Å²) in [4.78, 5) is 45.6. The number of para-hydroxylation sites is 2. The van der Waals surface area contributed by atoms with Gasteiger partial charge in [0.15, 0.2) is 5.69 Å². The van der Waals surface area contributed by atoms with Gasteiger partial charge >= 0.3 is 5.97 Å². The van der Waals surface area contributed by atoms with E-state index in [2.05, 4.69) is 10.3 Å². The maximum Gasteiger partial charge on any atom is 0.359 e. The van der Waals surface area contributed by atoms with Crippen LogP contribution in [0, 0.1) is 0 Å². The highest BCUT2D eigenvalue weighted by atomic mass is 16.5. The van der Waals surface area contributed by atoms with Gasteiger partial charge in [0.05, 0.1) is 40.2 Å². The summed E-state index contributed by atoms with van der Waals surface area (Å²) in [7, 11) is 2.80. The molecule has 0 saturated heterocycles. The molecule has 3 aromatic rings. The van der Waals surface area contributed by atoms with E-state index in [1.54, 1.807) is 14.0 Å². The summed E-state index contributed by atoms with van der Waals surface area (Å²) in [5.74, 6) is -0.331. The van der Waals surface area contributed by atoms with Crippen LogP contribution in [0.3, 0.4) is 0 Å². The van der Waals surface area contributed by atoms with E-state index < -0.39 is 17.4 Å². The molecule has 10 heteroatoms. The summed E-state index contributed by atoms with van der Waals surface area (Å²) in [5.41, 5.74) is 0.213. The molecular formula is C27H30N4O6. The van der Waals surface area contributed by atoms with Crippen molar-refractivity contribution in [3.8, 4) is 11.5 Å². The average Bonchev–Trinajstić information content (AvgIpc) is 3.34. The number of ether oxygens (including phenoxy) is 3. The van der Waals surface area contributed by atoms with Crippen molar-refractivity contribution in [2.75, 3.05) is 20.8 Å². The molecule has 1 aliphatic rings. The summed E-state index contributed by atoms with van der Waals surface area (Å²) in [5, 5.41) is 2.96. The fraction of sp³-hybridized carbons (Fsp3) is 0.333. The zero-order valence-electron chi connectivity index (χ0n) is 21.3. The largest absolute Gasteiger partial charge is 0.496 e. The van der Waals surface area contributed by atoms with Crippen molar-refractivity contribution in [2.24, 2.45) is 0 Å². The highest BCUT2D eigenvalue weighted by Crippen LogP contribution is 2.33. The average molecular weight is 507 g/mol. The van der Waals surface area contributed by atoms with E-state index in [0.717, 1.165) is 11.1 Å². The second kappa shape index (κ2) is 10.7. The first kappa shape index (κ1) is 25.7. The smallest absolute Gasteiger partial charge is 0.359 e. The number of hydrogen-bond acceptors (Lipinski definition) is 7. The van der Waals surface area contributed by atoms with Gasteiger partial charge in [-0.2, -0.15) is 0 Å². The Bertz CT molecular complexity index is 1320. The molecule has 1 N–H and O–H groups in total. The Kier molecular flexibility index (Phi) is 7.47. The third-order valence-corrected chi connectivity index (χ3v) is 6.46. The number of rotatable bonds is 9. The molecule has 2 amide bonds. The maximum absolute atomic E-state index is 13.9. The Morgan fingerprint density at radius 1 is 1.05 bits per heavy atom. The fourth-order valence-electron chi connectivity index (χ4n) is 4.50. The van der Waals surface area contributed by atoms with Gasteiger partial charge in [-0.1, -0.05) is 36.4 Å². The Morgan fingerprint density at radius 3 is 2.41 bits per heavy atom. The number of nitrogens with one attached hydrogen (secondary N) is 1. The van der Waals surface area contributed by atoms with E-state index in [-0.39, 0.29) is 36.9 Å². The van der Waals surface area contributed by atoms with Gasteiger partial charge in [-0.25, -0.2) is 9.78 Å². The Hall–Kier alpha value is -4.34. The highest BCUT2D eigenvalue weighted by Gasteiger charge is 2.49. The van der Waals surface area contributed by atoms with Gasteiger partial charge < -0.3 is 29.0 Å². The van der Waals surface area contributed by atoms with Crippen LogP contribution >= 0.6 is 0 Å². The number of hydrogen-bond donors (Lipinski definition) is 1. The van der Waals surface area contributed by atoms with E-state index in [9.17, 15) is 14.4 Å². The van der Waals surface area contributed by atoms with Crippen LogP contribution in [0.2, 0.25) is 0 Å². The van der Waals surface area contributed by atoms with Crippen LogP contribution in [0.1, 0.15) is 46.0 Å². The predicted molar refractivity (Wildman–Crippen MR) is 134 cm³/mol. The van der Waals surface area contributed by atoms with Gasteiger partial charge in [0.1, 0.15) is 22.7 Å². The molecule has 1 aromatic heterocycles. The lowest BCUT2D eigenvalue weighted by atomic mass is 9.93. The second-order valence-corrected chi connectivity index (χ2v) is 8.76. The van der Waals surface area contributed by atoms with Crippen molar-refractivity contribution >= 4 is 17.8 Å². The molecular weight excluding hydrogens is 476 g/mol. The molecule has 10 nitrogen and oxygen atoms in total. The van der Waals surface area contributed by atoms with E-state index >= 15 is 0 Å². The SMILES string of the molecule is CCOc1ccccc1CN1C(=O)c2c(C(=O)OC)ncn2C[C@@]1(C)C(=O)NCc1ccccc1OC. The minimum atomic E-state index is -1.31. The van der Waals surface area contributed by atoms with Crippen molar-refractivity contribution in [1.82, 2.24) is 19.8 Å². The molecule has 0 radical (unpaired) electrons. The number of imidazole rings is 1. The number of aromatic nitrogens is 2. The number of nitrogens with zero attached hydrogens (tertiary/aromatic N) is 3. The summed E-state index contributed by atoms with van der Waals surface area (Å²) >= 11 is 0. The molecule has 0 bridgehead atoms. The molecule has 0 aliphatic carbocycles. The number of amides is 2. The fourth-order valence-corrected chi connectivity index (χ4v) is 4.50. The quantitative estimate of drug-likeness (QED) is 0.444. The van der Waals surface area contributed by atoms with Crippen LogP contribution < -0.4 is 14.8 Å². The molecule has 0 unspecified atom stereocenters. The standard InChI is InChI=1S/C27H30N4O6/c1-5-37-21-13-9-7-11-19(21)15-31-24(32)23-22(25(33)36-4)29-17-30(23)16-27(31,2)26(34)28-14-18-10-6-8-12-20(18)35-3/h6-13,17H,5,14-16H2,1-4H3,(H,28,34)/t27-/m0/s1. The number of methoxy groups -OCH3 is 2. The minimum Gasteiger partial charge on any atom is -0.496 e. The third kappa shape index (κ3) is 4.87. The van der Waals surface area contributed by atoms with E-state index in [1.807, 2.05) is 55.5 Å². The molecule has 0 saturated carbocycles. The molecule has 2 heterocycles. The normalized spacial score (nSPS) is 16.6. The van der Waals surface area contributed by atoms with Crippen molar-refractivity contribution in [3.05, 3.63) is 77.4 Å². The molecule has 37 heavy (non-hydrogen) atoms. The van der Waals surface area contributed by atoms with Gasteiger partial charge in [-0.3, -0.25) is 9.59 Å². The topological polar surface area (TPSA) is 112 Å². The summed E-state index contributed by atoms with van der Waals surface area (Å²) < 4.78 is 17.5. The lowest BCUT2D eigenvalue weighted by molar-refractivity contribution is -0.133. The molecule has 2 aromatic carbocycles. The van der Waals surface area contributed by atoms with Gasteiger partial charge in [-0.05, 0) is 26.0 Å². The lowest BCUT2D eigenvalue weighted by Gasteiger charge is -2.44. The molecule has 0 fully saturated rings. The number of benzene rings is 2. The minimum absolute atomic E-state index is 0.0794. The van der Waals surface area contributed by atoms with Crippen molar-refractivity contribution in [1.29, 1.82) is 0 Å². The second-order valence-electron chi connectivity index (χ2n) is 8.76. The molecule has 4 rings (SSSR count). The maximum atomic E-state index is 13.9. The highest BCUT2D eigenvalue weighted by molar-refractivity contribution is 6.06. The zero-order chi connectivity index (χ0) is 26.6. The first-order valence-electron chi connectivity index (χ1n) is 11.9. The molecule has 1 aliphatic heterocycles. The van der Waals surface area contributed by atoms with Crippen LogP contribution in [-0.4, -0.2) is 58.6 Å². The Morgan fingerprint density at radius 2 is 1.73 bits per heavy atom. The van der Waals surface area contributed by atoms with Gasteiger partial charge in [0, 0.05) is 17.7 Å². The van der Waals surface area contributed by atoms with E-state index in [4.69, 9.17) is 14.2 Å². The van der Waals surface area contributed by atoms with Gasteiger partial charge in [-0.15, -0.1) is 0 Å². The van der Waals surface area contributed by atoms with Crippen LogP contribution in [0.15, 0.2) is 54.9 Å². The van der Waals surface area contributed by atoms with Crippen molar-refractivity contribution in [3.63, 3.8) is 0 Å². The predicted octanol–water partition coefficient (Wildman–Crippen LogP) is 2.81. The van der Waals surface area contributed by atoms with Crippen LogP contribution in [-0.2, 0) is 29.2 Å². The number of fused-ring (bicyclic) bond motifs is 1. The first-order chi connectivity index (χ1) is 17.8. The lowest BCUT2D eigenvalue weighted by Crippen LogP contribution is -2.63. The van der Waals surface area contributed by atoms with E-state index in [1.165, 1.54) is 22.9 Å². The summed E-state index contributed by atoms with van der Waals surface area (Å²) in [6.45, 7) is 4.40. The third-order valence-electron chi connectivity index (χ3n) is 6.46. The first-order valence-corrected chi connectivity index (χ1v) is 11.9. The molecule has 194 valence electrons. The van der Waals surface area contributed by atoms with Crippen LogP contribution in [0.25, 0.3) is 0 Å². The van der Waals surface area contributed by atoms with Gasteiger partial charge in [0.25, 0.3) is 5.91 Å².